The van der Waals surface area contributed by atoms with E-state index in [4.69, 9.17) is 21.4 Å². The standard InChI is InChI=1S/C16H10ClF3O3/c17-13-9-11(16(18,19)20)5-6-14(13)23-12-3-1-2-10(8-12)4-7-15(21)22/h1-9H,(H,21,22). The normalized spacial score (nSPS) is 11.7. The summed E-state index contributed by atoms with van der Waals surface area (Å²) >= 11 is 5.81. The topological polar surface area (TPSA) is 46.5 Å². The maximum absolute atomic E-state index is 12.6. The number of halogens is 4. The van der Waals surface area contributed by atoms with Crippen LogP contribution in [0.1, 0.15) is 11.1 Å². The Kier molecular flexibility index (Phi) is 4.95. The number of hydrogen-bond acceptors (Lipinski definition) is 2. The molecule has 0 atom stereocenters. The van der Waals surface area contributed by atoms with Crippen molar-refractivity contribution in [3.8, 4) is 11.5 Å². The van der Waals surface area contributed by atoms with Gasteiger partial charge in [-0.25, -0.2) is 4.79 Å². The van der Waals surface area contributed by atoms with Crippen molar-refractivity contribution >= 4 is 23.6 Å². The van der Waals surface area contributed by atoms with Gasteiger partial charge in [0.05, 0.1) is 10.6 Å². The van der Waals surface area contributed by atoms with Crippen molar-refractivity contribution in [3.63, 3.8) is 0 Å². The Morgan fingerprint density at radius 2 is 1.91 bits per heavy atom. The summed E-state index contributed by atoms with van der Waals surface area (Å²) in [5.74, 6) is -0.708. The lowest BCUT2D eigenvalue weighted by Gasteiger charge is -2.11. The van der Waals surface area contributed by atoms with Crippen molar-refractivity contribution in [2.45, 2.75) is 6.18 Å². The number of carbonyl (C=O) groups is 1. The molecule has 0 aliphatic heterocycles. The average Bonchev–Trinajstić information content (AvgIpc) is 2.46. The zero-order chi connectivity index (χ0) is 17.0. The van der Waals surface area contributed by atoms with Gasteiger partial charge in [-0.3, -0.25) is 0 Å². The molecule has 7 heteroatoms. The summed E-state index contributed by atoms with van der Waals surface area (Å²) < 4.78 is 43.2. The maximum Gasteiger partial charge on any atom is 0.416 e. The average molecular weight is 343 g/mol. The van der Waals surface area contributed by atoms with E-state index in [0.29, 0.717) is 11.3 Å². The lowest BCUT2D eigenvalue weighted by Crippen LogP contribution is -2.04. The lowest BCUT2D eigenvalue weighted by molar-refractivity contribution is -0.137. The Morgan fingerprint density at radius 3 is 2.52 bits per heavy atom. The van der Waals surface area contributed by atoms with Gasteiger partial charge in [-0.05, 0) is 42.0 Å². The van der Waals surface area contributed by atoms with Crippen LogP contribution in [0.25, 0.3) is 6.08 Å². The molecule has 0 fully saturated rings. The summed E-state index contributed by atoms with van der Waals surface area (Å²) in [4.78, 5) is 10.5. The van der Waals surface area contributed by atoms with Gasteiger partial charge in [-0.1, -0.05) is 23.7 Å². The third-order valence-electron chi connectivity index (χ3n) is 2.76. The van der Waals surface area contributed by atoms with E-state index < -0.39 is 17.7 Å². The van der Waals surface area contributed by atoms with Gasteiger partial charge in [-0.2, -0.15) is 13.2 Å². The molecule has 0 aliphatic rings. The fourth-order valence-electron chi connectivity index (χ4n) is 1.74. The summed E-state index contributed by atoms with van der Waals surface area (Å²) in [6.07, 6.45) is -2.16. The highest BCUT2D eigenvalue weighted by Crippen LogP contribution is 2.36. The second kappa shape index (κ2) is 6.75. The molecule has 0 bridgehead atoms. The van der Waals surface area contributed by atoms with E-state index in [1.54, 1.807) is 18.2 Å². The van der Waals surface area contributed by atoms with Crippen LogP contribution in [0.3, 0.4) is 0 Å². The largest absolute Gasteiger partial charge is 0.478 e. The molecule has 120 valence electrons. The van der Waals surface area contributed by atoms with Crippen LogP contribution in [0.2, 0.25) is 5.02 Å². The van der Waals surface area contributed by atoms with Crippen LogP contribution in [-0.4, -0.2) is 11.1 Å². The van der Waals surface area contributed by atoms with Crippen molar-refractivity contribution in [2.24, 2.45) is 0 Å². The second-order valence-corrected chi connectivity index (χ2v) is 4.90. The zero-order valence-corrected chi connectivity index (χ0v) is 12.2. The molecule has 0 aromatic heterocycles. The minimum Gasteiger partial charge on any atom is -0.478 e. The molecule has 2 aromatic carbocycles. The fourth-order valence-corrected chi connectivity index (χ4v) is 1.96. The van der Waals surface area contributed by atoms with Crippen LogP contribution >= 0.6 is 11.6 Å². The molecule has 2 aromatic rings. The monoisotopic (exact) mass is 342 g/mol. The highest BCUT2D eigenvalue weighted by molar-refractivity contribution is 6.32. The van der Waals surface area contributed by atoms with Gasteiger partial charge in [-0.15, -0.1) is 0 Å². The molecule has 3 nitrogen and oxygen atoms in total. The number of aliphatic carboxylic acids is 1. The first-order valence-corrected chi connectivity index (χ1v) is 6.69. The highest BCUT2D eigenvalue weighted by Gasteiger charge is 2.31. The minimum atomic E-state index is -4.48. The Hall–Kier alpha value is -2.47. The highest BCUT2D eigenvalue weighted by atomic mass is 35.5. The van der Waals surface area contributed by atoms with Crippen molar-refractivity contribution in [2.75, 3.05) is 0 Å². The third-order valence-corrected chi connectivity index (χ3v) is 3.06. The van der Waals surface area contributed by atoms with Gasteiger partial charge in [0, 0.05) is 6.08 Å². The van der Waals surface area contributed by atoms with Crippen molar-refractivity contribution in [3.05, 3.63) is 64.7 Å². The molecule has 0 aliphatic carbocycles. The van der Waals surface area contributed by atoms with Crippen LogP contribution in [-0.2, 0) is 11.0 Å². The Labute approximate surface area is 134 Å². The van der Waals surface area contributed by atoms with E-state index in [-0.39, 0.29) is 10.8 Å². The van der Waals surface area contributed by atoms with Gasteiger partial charge in [0.1, 0.15) is 11.5 Å². The fraction of sp³-hybridized carbons (Fsp3) is 0.0625. The minimum absolute atomic E-state index is 0.0685. The van der Waals surface area contributed by atoms with E-state index in [1.807, 2.05) is 0 Å². The van der Waals surface area contributed by atoms with E-state index in [9.17, 15) is 18.0 Å². The van der Waals surface area contributed by atoms with Gasteiger partial charge in [0.15, 0.2) is 0 Å². The molecular weight excluding hydrogens is 333 g/mol. The molecule has 0 saturated carbocycles. The summed E-state index contributed by atoms with van der Waals surface area (Å²) in [6.45, 7) is 0. The van der Waals surface area contributed by atoms with Crippen LogP contribution in [0.4, 0.5) is 13.2 Å². The smallest absolute Gasteiger partial charge is 0.416 e. The van der Waals surface area contributed by atoms with Crippen molar-refractivity contribution in [1.29, 1.82) is 0 Å². The summed E-state index contributed by atoms with van der Waals surface area (Å²) in [6, 6.07) is 9.17. The quantitative estimate of drug-likeness (QED) is 0.772. The number of benzene rings is 2. The number of hydrogen-bond donors (Lipinski definition) is 1. The SMILES string of the molecule is O=C(O)C=Cc1cccc(Oc2ccc(C(F)(F)F)cc2Cl)c1. The molecule has 0 unspecified atom stereocenters. The predicted octanol–water partition coefficient (Wildman–Crippen LogP) is 5.25. The van der Waals surface area contributed by atoms with Gasteiger partial charge in [0.2, 0.25) is 0 Å². The van der Waals surface area contributed by atoms with Crippen LogP contribution < -0.4 is 4.74 Å². The molecule has 1 N–H and O–H groups in total. The van der Waals surface area contributed by atoms with Gasteiger partial charge < -0.3 is 9.84 Å². The zero-order valence-electron chi connectivity index (χ0n) is 11.5. The van der Waals surface area contributed by atoms with Crippen LogP contribution in [0, 0.1) is 0 Å². The van der Waals surface area contributed by atoms with E-state index in [1.165, 1.54) is 12.1 Å². The summed E-state index contributed by atoms with van der Waals surface area (Å²) in [5.41, 5.74) is -0.305. The number of alkyl halides is 3. The van der Waals surface area contributed by atoms with E-state index >= 15 is 0 Å². The van der Waals surface area contributed by atoms with E-state index in [2.05, 4.69) is 0 Å². The van der Waals surface area contributed by atoms with Crippen LogP contribution in [0.15, 0.2) is 48.5 Å². The molecule has 23 heavy (non-hydrogen) atoms. The molecule has 0 radical (unpaired) electrons. The van der Waals surface area contributed by atoms with Crippen molar-refractivity contribution < 1.29 is 27.8 Å². The first-order chi connectivity index (χ1) is 10.8. The molecule has 0 saturated heterocycles. The molecule has 0 spiro atoms. The Morgan fingerprint density at radius 1 is 1.17 bits per heavy atom. The summed E-state index contributed by atoms with van der Waals surface area (Å²) in [7, 11) is 0. The summed E-state index contributed by atoms with van der Waals surface area (Å²) in [5, 5.41) is 8.41. The second-order valence-electron chi connectivity index (χ2n) is 4.49. The number of ether oxygens (including phenoxy) is 1. The Balaban J connectivity index is 2.23. The van der Waals surface area contributed by atoms with E-state index in [0.717, 1.165) is 24.3 Å². The maximum atomic E-state index is 12.6. The molecule has 2 rings (SSSR count). The molecule has 0 amide bonds. The molecular formula is C16H10ClF3O3. The number of rotatable bonds is 4. The first-order valence-electron chi connectivity index (χ1n) is 6.31. The number of carboxylic acids is 1. The molecule has 0 heterocycles. The number of carboxylic acid groups (broad SMARTS) is 1. The van der Waals surface area contributed by atoms with Crippen LogP contribution in [0.5, 0.6) is 11.5 Å². The van der Waals surface area contributed by atoms with Gasteiger partial charge >= 0.3 is 12.1 Å². The first kappa shape index (κ1) is 16.9. The predicted molar refractivity (Wildman–Crippen MR) is 79.6 cm³/mol. The Bertz CT molecular complexity index is 754. The third kappa shape index (κ3) is 4.75. The van der Waals surface area contributed by atoms with Gasteiger partial charge in [0.25, 0.3) is 0 Å². The lowest BCUT2D eigenvalue weighted by atomic mass is 10.2. The van der Waals surface area contributed by atoms with Crippen molar-refractivity contribution in [1.82, 2.24) is 0 Å².